The maximum atomic E-state index is 12.7. The average molecular weight is 254 g/mol. The zero-order valence-electron chi connectivity index (χ0n) is 7.32. The first-order valence-electron chi connectivity index (χ1n) is 3.76. The lowest BCUT2D eigenvalue weighted by Gasteiger charge is -2.14. The Balaban J connectivity index is 3.34. The normalized spacial score (nSPS) is 14.9. The molecule has 1 atom stereocenters. The molecule has 0 saturated carbocycles. The zero-order chi connectivity index (χ0) is 11.7. The van der Waals surface area contributed by atoms with Gasteiger partial charge >= 0.3 is 17.8 Å². The van der Waals surface area contributed by atoms with Gasteiger partial charge in [0.15, 0.2) is 0 Å². The maximum Gasteiger partial charge on any atom is 0.350 e. The largest absolute Gasteiger partial charge is 0.350 e. The van der Waals surface area contributed by atoms with E-state index in [1.807, 2.05) is 0 Å². The first-order chi connectivity index (χ1) is 6.73. The molecule has 1 rings (SSSR count). The Kier molecular flexibility index (Phi) is 3.30. The summed E-state index contributed by atoms with van der Waals surface area (Å²) in [7, 11) is -10.4. The molecule has 84 valence electrons. The minimum Gasteiger partial charge on any atom is -0.323 e. The van der Waals surface area contributed by atoms with Crippen LogP contribution in [-0.2, 0) is 14.8 Å². The van der Waals surface area contributed by atoms with E-state index in [1.54, 1.807) is 0 Å². The van der Waals surface area contributed by atoms with Crippen LogP contribution in [0.3, 0.4) is 0 Å². The predicted octanol–water partition coefficient (Wildman–Crippen LogP) is 1.16. The molecule has 0 aliphatic carbocycles. The number of hydrogen-bond donors (Lipinski definition) is 2. The molecule has 0 radical (unpaired) electrons. The van der Waals surface area contributed by atoms with Crippen LogP contribution in [0.25, 0.3) is 0 Å². The molecular formula is C7H8FO5PS. The molecule has 0 saturated heterocycles. The number of rotatable bonds is 3. The second kappa shape index (κ2) is 4.02. The molecule has 1 aromatic carbocycles. The maximum absolute atomic E-state index is 12.7. The highest BCUT2D eigenvalue weighted by atomic mass is 32.3. The number of benzene rings is 1. The third-order valence-corrected chi connectivity index (χ3v) is 4.95. The van der Waals surface area contributed by atoms with Gasteiger partial charge in [0, 0.05) is 0 Å². The molecule has 2 N–H and O–H groups in total. The molecule has 0 spiro atoms. The summed E-state index contributed by atoms with van der Waals surface area (Å²) in [6, 6.07) is 6.53. The quantitative estimate of drug-likeness (QED) is 0.623. The average Bonchev–Trinajstić information content (AvgIpc) is 2.00. The van der Waals surface area contributed by atoms with Crippen LogP contribution in [0.1, 0.15) is 10.6 Å². The zero-order valence-corrected chi connectivity index (χ0v) is 9.03. The van der Waals surface area contributed by atoms with E-state index in [4.69, 9.17) is 9.79 Å². The van der Waals surface area contributed by atoms with Gasteiger partial charge in [0.25, 0.3) is 0 Å². The summed E-state index contributed by atoms with van der Waals surface area (Å²) in [5, 5.41) is 0. The SMILES string of the molecule is O=P(O)(O)C(c1ccccc1)S(=O)(=O)F. The van der Waals surface area contributed by atoms with Gasteiger partial charge in [-0.2, -0.15) is 8.42 Å². The van der Waals surface area contributed by atoms with E-state index in [9.17, 15) is 16.9 Å². The Bertz CT molecular complexity index is 479. The standard InChI is InChI=1S/C7H8FO5PS/c8-15(12,13)7(14(9,10)11)6-4-2-1-3-5-6/h1-5,7H,(H2,9,10,11). The Morgan fingerprint density at radius 2 is 1.67 bits per heavy atom. The van der Waals surface area contributed by atoms with Crippen molar-refractivity contribution in [2.75, 3.05) is 0 Å². The van der Waals surface area contributed by atoms with Crippen molar-refractivity contribution in [2.45, 2.75) is 4.99 Å². The minimum atomic E-state index is -5.34. The first kappa shape index (κ1) is 12.3. The van der Waals surface area contributed by atoms with Crippen molar-refractivity contribution in [3.05, 3.63) is 35.9 Å². The van der Waals surface area contributed by atoms with E-state index < -0.39 is 22.8 Å². The molecule has 0 bridgehead atoms. The molecule has 0 aliphatic rings. The van der Waals surface area contributed by atoms with Crippen LogP contribution in [0.2, 0.25) is 0 Å². The smallest absolute Gasteiger partial charge is 0.323 e. The summed E-state index contributed by atoms with van der Waals surface area (Å²) in [5.74, 6) is 0. The fourth-order valence-corrected chi connectivity index (χ4v) is 3.49. The molecule has 1 aromatic rings. The lowest BCUT2D eigenvalue weighted by atomic mass is 10.2. The minimum absolute atomic E-state index is 0.270. The predicted molar refractivity (Wildman–Crippen MR) is 51.3 cm³/mol. The second-order valence-corrected chi connectivity index (χ2v) is 6.29. The Hall–Kier alpha value is -0.750. The van der Waals surface area contributed by atoms with Crippen LogP contribution in [0, 0.1) is 0 Å². The highest BCUT2D eigenvalue weighted by molar-refractivity contribution is 7.93. The van der Waals surface area contributed by atoms with Crippen molar-refractivity contribution < 1.29 is 26.7 Å². The summed E-state index contributed by atoms with van der Waals surface area (Å²) >= 11 is 0. The van der Waals surface area contributed by atoms with Crippen molar-refractivity contribution >= 4 is 17.8 Å². The summed E-state index contributed by atoms with van der Waals surface area (Å²) in [4.78, 5) is 15.1. The molecular weight excluding hydrogens is 246 g/mol. The van der Waals surface area contributed by atoms with Crippen molar-refractivity contribution in [3.8, 4) is 0 Å². The van der Waals surface area contributed by atoms with Gasteiger partial charge in [-0.05, 0) is 5.56 Å². The van der Waals surface area contributed by atoms with Crippen LogP contribution < -0.4 is 0 Å². The van der Waals surface area contributed by atoms with E-state index in [1.165, 1.54) is 18.2 Å². The Morgan fingerprint density at radius 3 is 2.00 bits per heavy atom. The third-order valence-electron chi connectivity index (χ3n) is 1.66. The van der Waals surface area contributed by atoms with Gasteiger partial charge in [-0.15, -0.1) is 3.89 Å². The number of hydrogen-bond acceptors (Lipinski definition) is 3. The monoisotopic (exact) mass is 254 g/mol. The summed E-state index contributed by atoms with van der Waals surface area (Å²) < 4.78 is 44.8. The second-order valence-electron chi connectivity index (χ2n) is 2.83. The molecule has 8 heteroatoms. The van der Waals surface area contributed by atoms with Gasteiger partial charge in [0.05, 0.1) is 0 Å². The van der Waals surface area contributed by atoms with E-state index in [2.05, 4.69) is 0 Å². The van der Waals surface area contributed by atoms with Gasteiger partial charge in [-0.25, -0.2) is 0 Å². The molecule has 5 nitrogen and oxygen atoms in total. The van der Waals surface area contributed by atoms with Gasteiger partial charge in [0.2, 0.25) is 4.99 Å². The lowest BCUT2D eigenvalue weighted by molar-refractivity contribution is 0.367. The van der Waals surface area contributed by atoms with E-state index >= 15 is 0 Å². The third kappa shape index (κ3) is 3.10. The molecule has 0 fully saturated rings. The van der Waals surface area contributed by atoms with E-state index in [0.717, 1.165) is 12.1 Å². The molecule has 0 aromatic heterocycles. The van der Waals surface area contributed by atoms with Crippen molar-refractivity contribution in [1.82, 2.24) is 0 Å². The lowest BCUT2D eigenvalue weighted by Crippen LogP contribution is -2.08. The van der Waals surface area contributed by atoms with Crippen molar-refractivity contribution in [3.63, 3.8) is 0 Å². The summed E-state index contributed by atoms with van der Waals surface area (Å²) in [6.45, 7) is 0. The molecule has 0 amide bonds. The highest BCUT2D eigenvalue weighted by Crippen LogP contribution is 2.55. The fourth-order valence-electron chi connectivity index (χ4n) is 1.14. The van der Waals surface area contributed by atoms with E-state index in [-0.39, 0.29) is 5.56 Å². The van der Waals surface area contributed by atoms with Crippen LogP contribution in [0.4, 0.5) is 3.89 Å². The van der Waals surface area contributed by atoms with Crippen molar-refractivity contribution in [2.24, 2.45) is 0 Å². The Morgan fingerprint density at radius 1 is 1.20 bits per heavy atom. The van der Waals surface area contributed by atoms with E-state index in [0.29, 0.717) is 0 Å². The summed E-state index contributed by atoms with van der Waals surface area (Å²) in [6.07, 6.45) is 0. The van der Waals surface area contributed by atoms with Crippen LogP contribution >= 0.6 is 7.60 Å². The van der Waals surface area contributed by atoms with Gasteiger partial charge in [0.1, 0.15) is 0 Å². The van der Waals surface area contributed by atoms with Crippen LogP contribution in [0.5, 0.6) is 0 Å². The van der Waals surface area contributed by atoms with Gasteiger partial charge < -0.3 is 9.79 Å². The molecule has 1 unspecified atom stereocenters. The van der Waals surface area contributed by atoms with Crippen LogP contribution in [-0.4, -0.2) is 18.2 Å². The Labute approximate surface area is 85.9 Å². The first-order valence-corrected chi connectivity index (χ1v) is 6.89. The topological polar surface area (TPSA) is 91.7 Å². The summed E-state index contributed by atoms with van der Waals surface area (Å²) in [5.41, 5.74) is -0.270. The number of halogens is 1. The molecule has 15 heavy (non-hydrogen) atoms. The fraction of sp³-hybridized carbons (Fsp3) is 0.143. The molecule has 0 aliphatic heterocycles. The molecule has 0 heterocycles. The van der Waals surface area contributed by atoms with Crippen molar-refractivity contribution in [1.29, 1.82) is 0 Å². The van der Waals surface area contributed by atoms with Gasteiger partial charge in [-0.1, -0.05) is 30.3 Å². The van der Waals surface area contributed by atoms with Gasteiger partial charge in [-0.3, -0.25) is 4.57 Å². The van der Waals surface area contributed by atoms with Crippen LogP contribution in [0.15, 0.2) is 30.3 Å². The highest BCUT2D eigenvalue weighted by Gasteiger charge is 2.42.